The molecule has 1 heterocycles. The zero-order chi connectivity index (χ0) is 10.4. The molecule has 14 heavy (non-hydrogen) atoms. The molecule has 4 nitrogen and oxygen atoms in total. The molecule has 0 aliphatic carbocycles. The van der Waals surface area contributed by atoms with Gasteiger partial charge in [-0.15, -0.1) is 0 Å². The van der Waals surface area contributed by atoms with Crippen LogP contribution in [0.1, 0.15) is 26.2 Å². The second-order valence-electron chi connectivity index (χ2n) is 3.56. The van der Waals surface area contributed by atoms with E-state index in [1.54, 1.807) is 11.8 Å². The maximum atomic E-state index is 11.2. The minimum Gasteiger partial charge on any atom is -0.466 e. The van der Waals surface area contributed by atoms with Gasteiger partial charge in [0.1, 0.15) is 0 Å². The van der Waals surface area contributed by atoms with Crippen molar-refractivity contribution in [3.8, 4) is 6.19 Å². The fourth-order valence-electron chi connectivity index (χ4n) is 1.78. The van der Waals surface area contributed by atoms with Gasteiger partial charge < -0.3 is 9.64 Å². The van der Waals surface area contributed by atoms with Crippen LogP contribution in [0.2, 0.25) is 0 Å². The Morgan fingerprint density at radius 1 is 1.71 bits per heavy atom. The number of piperidine rings is 1. The van der Waals surface area contributed by atoms with E-state index in [1.807, 2.05) is 0 Å². The molecule has 1 unspecified atom stereocenters. The van der Waals surface area contributed by atoms with E-state index in [1.165, 1.54) is 0 Å². The highest BCUT2D eigenvalue weighted by molar-refractivity contribution is 5.69. The fourth-order valence-corrected chi connectivity index (χ4v) is 1.78. The Kier molecular flexibility index (Phi) is 4.24. The van der Waals surface area contributed by atoms with Gasteiger partial charge in [0.2, 0.25) is 0 Å². The maximum absolute atomic E-state index is 11.2. The van der Waals surface area contributed by atoms with E-state index >= 15 is 0 Å². The SMILES string of the molecule is CCOC(=O)CC1CCCN(C#N)C1. The summed E-state index contributed by atoms with van der Waals surface area (Å²) in [7, 11) is 0. The number of nitrogens with zero attached hydrogens (tertiary/aromatic N) is 2. The molecule has 1 rings (SSSR count). The van der Waals surface area contributed by atoms with E-state index in [4.69, 9.17) is 10.00 Å². The van der Waals surface area contributed by atoms with Crippen molar-refractivity contribution in [3.63, 3.8) is 0 Å². The topological polar surface area (TPSA) is 53.3 Å². The Labute approximate surface area is 84.4 Å². The number of likely N-dealkylation sites (tertiary alicyclic amines) is 1. The third-order valence-electron chi connectivity index (χ3n) is 2.42. The number of rotatable bonds is 3. The predicted octanol–water partition coefficient (Wildman–Crippen LogP) is 1.13. The molecule has 1 fully saturated rings. The Morgan fingerprint density at radius 2 is 2.50 bits per heavy atom. The van der Waals surface area contributed by atoms with Crippen molar-refractivity contribution in [3.05, 3.63) is 0 Å². The molecule has 0 amide bonds. The van der Waals surface area contributed by atoms with E-state index in [0.29, 0.717) is 25.5 Å². The highest BCUT2D eigenvalue weighted by Gasteiger charge is 2.21. The lowest BCUT2D eigenvalue weighted by molar-refractivity contribution is -0.144. The van der Waals surface area contributed by atoms with E-state index in [-0.39, 0.29) is 5.97 Å². The van der Waals surface area contributed by atoms with Crippen LogP contribution in [-0.2, 0) is 9.53 Å². The number of carbonyl (C=O) groups excluding carboxylic acids is 1. The largest absolute Gasteiger partial charge is 0.466 e. The van der Waals surface area contributed by atoms with Crippen LogP contribution in [0.3, 0.4) is 0 Å². The summed E-state index contributed by atoms with van der Waals surface area (Å²) in [5.41, 5.74) is 0. The summed E-state index contributed by atoms with van der Waals surface area (Å²) in [5.74, 6) is 0.153. The second-order valence-corrected chi connectivity index (χ2v) is 3.56. The molecule has 78 valence electrons. The van der Waals surface area contributed by atoms with Crippen molar-refractivity contribution in [1.29, 1.82) is 5.26 Å². The summed E-state index contributed by atoms with van der Waals surface area (Å²) in [6.07, 6.45) is 4.59. The van der Waals surface area contributed by atoms with Crippen LogP contribution < -0.4 is 0 Å². The van der Waals surface area contributed by atoms with Crippen molar-refractivity contribution >= 4 is 5.97 Å². The average molecular weight is 196 g/mol. The molecule has 1 saturated heterocycles. The lowest BCUT2D eigenvalue weighted by Crippen LogP contribution is -2.33. The number of hydrogen-bond acceptors (Lipinski definition) is 4. The predicted molar refractivity (Wildman–Crippen MR) is 51.2 cm³/mol. The zero-order valence-electron chi connectivity index (χ0n) is 8.53. The summed E-state index contributed by atoms with van der Waals surface area (Å²) in [5, 5.41) is 8.71. The van der Waals surface area contributed by atoms with E-state index in [9.17, 15) is 4.79 Å². The van der Waals surface area contributed by atoms with E-state index in [2.05, 4.69) is 6.19 Å². The van der Waals surface area contributed by atoms with Crippen LogP contribution >= 0.6 is 0 Å². The standard InChI is InChI=1S/C10H16N2O2/c1-2-14-10(13)6-9-4-3-5-12(7-9)8-11/h9H,2-7H2,1H3. The molecule has 0 spiro atoms. The van der Waals surface area contributed by atoms with Crippen molar-refractivity contribution in [2.75, 3.05) is 19.7 Å². The van der Waals surface area contributed by atoms with Crippen LogP contribution in [0.4, 0.5) is 0 Å². The second kappa shape index (κ2) is 5.48. The first-order chi connectivity index (χ1) is 6.76. The molecular formula is C10H16N2O2. The van der Waals surface area contributed by atoms with Crippen molar-refractivity contribution in [1.82, 2.24) is 4.90 Å². The number of esters is 1. The summed E-state index contributed by atoms with van der Waals surface area (Å²) >= 11 is 0. The third-order valence-corrected chi connectivity index (χ3v) is 2.42. The van der Waals surface area contributed by atoms with Gasteiger partial charge in [-0.25, -0.2) is 0 Å². The van der Waals surface area contributed by atoms with Crippen molar-refractivity contribution in [2.24, 2.45) is 5.92 Å². The van der Waals surface area contributed by atoms with Gasteiger partial charge >= 0.3 is 5.97 Å². The van der Waals surface area contributed by atoms with Gasteiger partial charge in [-0.05, 0) is 25.7 Å². The minimum atomic E-state index is -0.141. The van der Waals surface area contributed by atoms with E-state index < -0.39 is 0 Å². The smallest absolute Gasteiger partial charge is 0.306 e. The maximum Gasteiger partial charge on any atom is 0.306 e. The van der Waals surface area contributed by atoms with Crippen LogP contribution in [0.25, 0.3) is 0 Å². The zero-order valence-corrected chi connectivity index (χ0v) is 8.53. The molecule has 1 atom stereocenters. The molecule has 0 aromatic carbocycles. The lowest BCUT2D eigenvalue weighted by atomic mass is 9.95. The van der Waals surface area contributed by atoms with Gasteiger partial charge in [0.05, 0.1) is 13.0 Å². The van der Waals surface area contributed by atoms with Crippen LogP contribution in [0, 0.1) is 17.4 Å². The Morgan fingerprint density at radius 3 is 3.14 bits per heavy atom. The van der Waals surface area contributed by atoms with Gasteiger partial charge in [0.15, 0.2) is 6.19 Å². The molecule has 0 saturated carbocycles. The number of carbonyl (C=O) groups is 1. The van der Waals surface area contributed by atoms with Gasteiger partial charge in [0, 0.05) is 13.1 Å². The van der Waals surface area contributed by atoms with Gasteiger partial charge in [-0.3, -0.25) is 4.79 Å². The average Bonchev–Trinajstić information content (AvgIpc) is 2.18. The molecule has 0 N–H and O–H groups in total. The summed E-state index contributed by atoms with van der Waals surface area (Å²) in [4.78, 5) is 12.9. The monoisotopic (exact) mass is 196 g/mol. The van der Waals surface area contributed by atoms with Gasteiger partial charge in [-0.1, -0.05) is 0 Å². The summed E-state index contributed by atoms with van der Waals surface area (Å²) < 4.78 is 4.87. The summed E-state index contributed by atoms with van der Waals surface area (Å²) in [6.45, 7) is 3.78. The first kappa shape index (κ1) is 10.8. The first-order valence-corrected chi connectivity index (χ1v) is 5.06. The van der Waals surface area contributed by atoms with Gasteiger partial charge in [-0.2, -0.15) is 5.26 Å². The lowest BCUT2D eigenvalue weighted by Gasteiger charge is -2.27. The fraction of sp³-hybridized carbons (Fsp3) is 0.800. The van der Waals surface area contributed by atoms with Crippen molar-refractivity contribution < 1.29 is 9.53 Å². The van der Waals surface area contributed by atoms with Gasteiger partial charge in [0.25, 0.3) is 0 Å². The van der Waals surface area contributed by atoms with Crippen LogP contribution in [-0.4, -0.2) is 30.6 Å². The molecule has 1 aliphatic rings. The molecule has 0 aromatic rings. The van der Waals surface area contributed by atoms with Crippen molar-refractivity contribution in [2.45, 2.75) is 26.2 Å². The molecule has 0 bridgehead atoms. The Balaban J connectivity index is 2.31. The molecule has 0 radical (unpaired) electrons. The number of nitriles is 1. The van der Waals surface area contributed by atoms with E-state index in [0.717, 1.165) is 19.4 Å². The minimum absolute atomic E-state index is 0.141. The van der Waals surface area contributed by atoms with Crippen LogP contribution in [0.5, 0.6) is 0 Å². The molecule has 0 aromatic heterocycles. The van der Waals surface area contributed by atoms with Crippen LogP contribution in [0.15, 0.2) is 0 Å². The first-order valence-electron chi connectivity index (χ1n) is 5.06. The third kappa shape index (κ3) is 3.25. The Bertz CT molecular complexity index is 235. The number of ether oxygens (including phenoxy) is 1. The molecule has 1 aliphatic heterocycles. The highest BCUT2D eigenvalue weighted by Crippen LogP contribution is 2.19. The normalized spacial score (nSPS) is 21.4. The molecule has 4 heteroatoms. The highest BCUT2D eigenvalue weighted by atomic mass is 16.5. The molecular weight excluding hydrogens is 180 g/mol. The quantitative estimate of drug-likeness (QED) is 0.501. The summed E-state index contributed by atoms with van der Waals surface area (Å²) in [6, 6.07) is 0. The Hall–Kier alpha value is -1.24. The number of hydrogen-bond donors (Lipinski definition) is 0.